The number of likely N-dealkylation sites (N-methyl/N-ethyl adjacent to an activating group) is 1. The third-order valence-electron chi connectivity index (χ3n) is 5.39. The van der Waals surface area contributed by atoms with E-state index < -0.39 is 39.5 Å². The molecule has 0 fully saturated rings. The molecule has 2 aromatic rings. The molecule has 36 heavy (non-hydrogen) atoms. The first-order valence-electron chi connectivity index (χ1n) is 10.6. The average molecular weight is 563 g/mol. The van der Waals surface area contributed by atoms with Gasteiger partial charge in [-0.3, -0.25) is 9.53 Å². The highest BCUT2D eigenvalue weighted by atomic mass is 35.5. The third-order valence-corrected chi connectivity index (χ3v) is 7.22. The topological polar surface area (TPSA) is 84.5 Å². The normalized spacial score (nSPS) is 19.6. The smallest absolute Gasteiger partial charge is 0.329 e. The number of halogens is 5. The van der Waals surface area contributed by atoms with Crippen LogP contribution in [0.15, 0.2) is 76.3 Å². The minimum Gasteiger partial charge on any atom is -0.329 e. The first-order chi connectivity index (χ1) is 16.7. The first kappa shape index (κ1) is 28.2. The summed E-state index contributed by atoms with van der Waals surface area (Å²) in [5, 5.41) is 2.94. The van der Waals surface area contributed by atoms with Crippen LogP contribution in [0.5, 0.6) is 0 Å². The van der Waals surface area contributed by atoms with Gasteiger partial charge in [-0.25, -0.2) is 8.42 Å². The summed E-state index contributed by atoms with van der Waals surface area (Å²) in [7, 11) is -1.81. The Balaban J connectivity index is 1.94. The zero-order valence-corrected chi connectivity index (χ0v) is 21.5. The van der Waals surface area contributed by atoms with Gasteiger partial charge in [-0.05, 0) is 36.4 Å². The Kier molecular flexibility index (Phi) is 8.57. The van der Waals surface area contributed by atoms with Crippen molar-refractivity contribution in [1.82, 2.24) is 10.6 Å². The Morgan fingerprint density at radius 1 is 1.14 bits per heavy atom. The van der Waals surface area contributed by atoms with Gasteiger partial charge in [-0.2, -0.15) is 0 Å². The molecule has 0 bridgehead atoms. The van der Waals surface area contributed by atoms with E-state index in [0.29, 0.717) is 11.1 Å². The fourth-order valence-electron chi connectivity index (χ4n) is 3.86. The van der Waals surface area contributed by atoms with Gasteiger partial charge in [0.2, 0.25) is 5.91 Å². The molecule has 2 N–H and O–H groups in total. The van der Waals surface area contributed by atoms with Gasteiger partial charge in [0, 0.05) is 30.5 Å². The van der Waals surface area contributed by atoms with Gasteiger partial charge in [0.25, 0.3) is 0 Å². The second-order valence-electron chi connectivity index (χ2n) is 8.15. The van der Waals surface area contributed by atoms with Crippen molar-refractivity contribution < 1.29 is 31.1 Å². The summed E-state index contributed by atoms with van der Waals surface area (Å²) in [5.74, 6) is -1.35. The Morgan fingerprint density at radius 3 is 2.28 bits per heavy atom. The molecular formula is C24H23Cl2F3N2O4S. The summed E-state index contributed by atoms with van der Waals surface area (Å²) < 4.78 is 67.8. The van der Waals surface area contributed by atoms with Crippen LogP contribution in [0.25, 0.3) is 5.57 Å². The monoisotopic (exact) mass is 562 g/mol. The molecule has 0 heterocycles. The van der Waals surface area contributed by atoms with Crippen molar-refractivity contribution in [2.24, 2.45) is 0 Å². The molecule has 2 unspecified atom stereocenters. The second kappa shape index (κ2) is 10.9. The van der Waals surface area contributed by atoms with Crippen LogP contribution < -0.4 is 10.6 Å². The van der Waals surface area contributed by atoms with Crippen molar-refractivity contribution in [3.63, 3.8) is 0 Å². The maximum atomic E-state index is 13.3. The predicted octanol–water partition coefficient (Wildman–Crippen LogP) is 4.92. The van der Waals surface area contributed by atoms with Gasteiger partial charge in [0.15, 0.2) is 14.9 Å². The molecule has 0 saturated carbocycles. The van der Waals surface area contributed by atoms with E-state index in [-0.39, 0.29) is 27.7 Å². The zero-order chi connectivity index (χ0) is 26.7. The molecule has 1 aliphatic rings. The number of hydrogen-bond donors (Lipinski definition) is 2. The molecular weight excluding hydrogens is 540 g/mol. The van der Waals surface area contributed by atoms with Crippen molar-refractivity contribution in [2.75, 3.05) is 19.8 Å². The Hall–Kier alpha value is -2.37. The van der Waals surface area contributed by atoms with Crippen LogP contribution in [-0.4, -0.2) is 45.6 Å². The zero-order valence-electron chi connectivity index (χ0n) is 19.2. The van der Waals surface area contributed by atoms with Gasteiger partial charge in [-0.1, -0.05) is 65.7 Å². The van der Waals surface area contributed by atoms with Gasteiger partial charge < -0.3 is 10.6 Å². The summed E-state index contributed by atoms with van der Waals surface area (Å²) in [6.07, 6.45) is -3.20. The van der Waals surface area contributed by atoms with E-state index in [2.05, 4.69) is 15.4 Å². The lowest BCUT2D eigenvalue weighted by Crippen LogP contribution is -2.41. The minimum absolute atomic E-state index is 0.0257. The average Bonchev–Trinajstić information content (AvgIpc) is 2.75. The molecule has 0 aromatic heterocycles. The lowest BCUT2D eigenvalue weighted by Gasteiger charge is -2.35. The highest BCUT2D eigenvalue weighted by Gasteiger charge is 2.48. The lowest BCUT2D eigenvalue weighted by atomic mass is 9.91. The number of ether oxygens (including phenoxy) is 1. The van der Waals surface area contributed by atoms with Crippen molar-refractivity contribution >= 4 is 44.5 Å². The van der Waals surface area contributed by atoms with Crippen LogP contribution in [-0.2, 0) is 19.4 Å². The Morgan fingerprint density at radius 2 is 1.75 bits per heavy atom. The lowest BCUT2D eigenvalue weighted by molar-refractivity contribution is -0.342. The van der Waals surface area contributed by atoms with Crippen LogP contribution in [0.1, 0.15) is 23.5 Å². The second-order valence-corrected chi connectivity index (χ2v) is 11.2. The van der Waals surface area contributed by atoms with Gasteiger partial charge in [-0.15, -0.1) is 13.2 Å². The molecule has 1 aliphatic carbocycles. The number of hydrogen-bond acceptors (Lipinski definition) is 5. The summed E-state index contributed by atoms with van der Waals surface area (Å²) in [4.78, 5) is 13.3. The van der Waals surface area contributed by atoms with Crippen molar-refractivity contribution in [3.05, 3.63) is 82.5 Å². The van der Waals surface area contributed by atoms with E-state index in [1.165, 1.54) is 30.3 Å². The standard InChI is InChI=1S/C24H23Cl2F3N2O4S/c1-30-14-19(15-8-10-18(11-9-15)36(2,33)34)22(32)31-17-12-20(25)21(16-6-4-3-5-7-16)23(26,13-17)35-24(27,28)29/h3-12,19,30H,13-14H2,1-2H3,(H,31,32). The van der Waals surface area contributed by atoms with Crippen LogP contribution >= 0.6 is 23.2 Å². The number of sulfone groups is 1. The van der Waals surface area contributed by atoms with Crippen molar-refractivity contribution in [3.8, 4) is 0 Å². The molecule has 3 rings (SSSR count). The van der Waals surface area contributed by atoms with Crippen LogP contribution in [0.4, 0.5) is 13.2 Å². The minimum atomic E-state index is -5.08. The maximum Gasteiger partial charge on any atom is 0.524 e. The van der Waals surface area contributed by atoms with Crippen LogP contribution in [0.3, 0.4) is 0 Å². The number of rotatable bonds is 8. The summed E-state index contributed by atoms with van der Waals surface area (Å²) >= 11 is 12.8. The number of nitrogens with one attached hydrogen (secondary N) is 2. The van der Waals surface area contributed by atoms with E-state index in [0.717, 1.165) is 6.26 Å². The summed E-state index contributed by atoms with van der Waals surface area (Å²) in [6.45, 7) is 0.168. The maximum absolute atomic E-state index is 13.3. The largest absolute Gasteiger partial charge is 0.524 e. The summed E-state index contributed by atoms with van der Waals surface area (Å²) in [6, 6.07) is 13.8. The highest BCUT2D eigenvalue weighted by molar-refractivity contribution is 7.90. The number of amides is 1. The Bertz CT molecular complexity index is 1280. The first-order valence-corrected chi connectivity index (χ1v) is 13.3. The fraction of sp³-hybridized carbons (Fsp3) is 0.292. The van der Waals surface area contributed by atoms with E-state index in [4.69, 9.17) is 23.2 Å². The number of allylic oxidation sites excluding steroid dienone is 2. The highest BCUT2D eigenvalue weighted by Crippen LogP contribution is 2.48. The molecule has 0 saturated heterocycles. The van der Waals surface area contributed by atoms with Gasteiger partial charge in [0.1, 0.15) is 0 Å². The number of carbonyl (C=O) groups is 1. The molecule has 194 valence electrons. The molecule has 0 radical (unpaired) electrons. The van der Waals surface area contributed by atoms with Gasteiger partial charge in [0.05, 0.1) is 15.8 Å². The van der Waals surface area contributed by atoms with Crippen LogP contribution in [0.2, 0.25) is 0 Å². The fourth-order valence-corrected chi connectivity index (χ4v) is 5.37. The van der Waals surface area contributed by atoms with E-state index in [9.17, 15) is 26.4 Å². The van der Waals surface area contributed by atoms with Crippen LogP contribution in [0, 0.1) is 0 Å². The quantitative estimate of drug-likeness (QED) is 0.446. The molecule has 12 heteroatoms. The molecule has 1 amide bonds. The Labute approximate surface area is 217 Å². The van der Waals surface area contributed by atoms with Crippen molar-refractivity contribution in [2.45, 2.75) is 28.7 Å². The van der Waals surface area contributed by atoms with Crippen molar-refractivity contribution in [1.29, 1.82) is 0 Å². The molecule has 2 atom stereocenters. The molecule has 2 aromatic carbocycles. The third kappa shape index (κ3) is 6.89. The van der Waals surface area contributed by atoms with E-state index in [1.807, 2.05) is 0 Å². The molecule has 6 nitrogen and oxygen atoms in total. The van der Waals surface area contributed by atoms with Gasteiger partial charge >= 0.3 is 6.36 Å². The predicted molar refractivity (Wildman–Crippen MR) is 132 cm³/mol. The number of benzene rings is 2. The SMILES string of the molecule is CNCC(C(=O)NC1=CC(Cl)=C(c2ccccc2)C(Cl)(OC(F)(F)F)C1)c1ccc(S(C)(=O)=O)cc1. The number of carbonyl (C=O) groups excluding carboxylic acids is 1. The molecule has 0 aliphatic heterocycles. The molecule has 0 spiro atoms. The summed E-state index contributed by atoms with van der Waals surface area (Å²) in [5.41, 5.74) is 0.783. The number of alkyl halides is 4. The van der Waals surface area contributed by atoms with E-state index in [1.54, 1.807) is 37.4 Å². The van der Waals surface area contributed by atoms with E-state index >= 15 is 0 Å².